The standard InChI is InChI=1S/C16H21NO4/c18-15(17-9-8-10-4-2-1-3-5-10)13-11-6-7-12(21-11)14(13)16(19)20/h4,6-7,11-14H,1-3,5,8-9H2,(H,17,18)(H,19,20)/t11-,12+,13-,14-/m1/s1. The highest BCUT2D eigenvalue weighted by atomic mass is 16.5. The van der Waals surface area contributed by atoms with Crippen LogP contribution in [0.4, 0.5) is 0 Å². The third-order valence-electron chi connectivity index (χ3n) is 4.62. The van der Waals surface area contributed by atoms with Gasteiger partial charge in [0.05, 0.1) is 18.1 Å². The molecule has 2 bridgehead atoms. The molecule has 21 heavy (non-hydrogen) atoms. The average molecular weight is 291 g/mol. The van der Waals surface area contributed by atoms with Crippen molar-refractivity contribution in [3.8, 4) is 0 Å². The molecule has 2 heterocycles. The number of hydrogen-bond acceptors (Lipinski definition) is 3. The summed E-state index contributed by atoms with van der Waals surface area (Å²) in [5.41, 5.74) is 1.40. The van der Waals surface area contributed by atoms with Crippen molar-refractivity contribution >= 4 is 11.9 Å². The van der Waals surface area contributed by atoms with E-state index in [1.807, 2.05) is 0 Å². The van der Waals surface area contributed by atoms with Gasteiger partial charge in [0.25, 0.3) is 0 Å². The number of carboxylic acid groups (broad SMARTS) is 1. The smallest absolute Gasteiger partial charge is 0.310 e. The SMILES string of the molecule is O=C(O)[C@H]1[C@H](C(=O)NCCC2=CCCCC2)[C@H]2C=C[C@@H]1O2. The van der Waals surface area contributed by atoms with Crippen molar-refractivity contribution in [2.45, 2.75) is 44.3 Å². The van der Waals surface area contributed by atoms with Crippen LogP contribution >= 0.6 is 0 Å². The summed E-state index contributed by atoms with van der Waals surface area (Å²) in [6.45, 7) is 0.578. The molecular weight excluding hydrogens is 270 g/mol. The van der Waals surface area contributed by atoms with Crippen molar-refractivity contribution in [1.82, 2.24) is 5.32 Å². The first kappa shape index (κ1) is 14.3. The van der Waals surface area contributed by atoms with Crippen molar-refractivity contribution in [3.05, 3.63) is 23.8 Å². The molecule has 2 N–H and O–H groups in total. The third kappa shape index (κ3) is 2.88. The zero-order valence-corrected chi connectivity index (χ0v) is 12.0. The van der Waals surface area contributed by atoms with Crippen molar-refractivity contribution in [2.75, 3.05) is 6.54 Å². The second kappa shape index (κ2) is 6.02. The molecule has 0 aromatic rings. The van der Waals surface area contributed by atoms with E-state index in [-0.39, 0.29) is 12.0 Å². The van der Waals surface area contributed by atoms with Crippen LogP contribution in [0.5, 0.6) is 0 Å². The van der Waals surface area contributed by atoms with Crippen LogP contribution in [0.15, 0.2) is 23.8 Å². The van der Waals surface area contributed by atoms with E-state index in [4.69, 9.17) is 4.74 Å². The van der Waals surface area contributed by atoms with E-state index >= 15 is 0 Å². The van der Waals surface area contributed by atoms with Gasteiger partial charge in [0.1, 0.15) is 5.92 Å². The molecule has 1 amide bonds. The molecule has 1 aliphatic carbocycles. The Hall–Kier alpha value is -1.62. The Kier molecular flexibility index (Phi) is 4.10. The fraction of sp³-hybridized carbons (Fsp3) is 0.625. The van der Waals surface area contributed by atoms with E-state index in [0.717, 1.165) is 19.3 Å². The van der Waals surface area contributed by atoms with Gasteiger partial charge in [-0.3, -0.25) is 9.59 Å². The van der Waals surface area contributed by atoms with Crippen LogP contribution < -0.4 is 5.32 Å². The Morgan fingerprint density at radius 1 is 1.24 bits per heavy atom. The van der Waals surface area contributed by atoms with Crippen LogP contribution in [-0.4, -0.2) is 35.7 Å². The highest BCUT2D eigenvalue weighted by Gasteiger charge is 2.53. The summed E-state index contributed by atoms with van der Waals surface area (Å²) < 4.78 is 5.51. The van der Waals surface area contributed by atoms with Gasteiger partial charge in [-0.1, -0.05) is 23.8 Å². The Morgan fingerprint density at radius 3 is 2.67 bits per heavy atom. The van der Waals surface area contributed by atoms with Gasteiger partial charge in [-0.05, 0) is 32.1 Å². The number of rotatable bonds is 5. The summed E-state index contributed by atoms with van der Waals surface area (Å²) in [5, 5.41) is 12.2. The largest absolute Gasteiger partial charge is 0.481 e. The molecule has 3 aliphatic rings. The summed E-state index contributed by atoms with van der Waals surface area (Å²) in [6.07, 6.45) is 10.6. The van der Waals surface area contributed by atoms with Crippen LogP contribution in [0.1, 0.15) is 32.1 Å². The average Bonchev–Trinajstić information content (AvgIpc) is 3.08. The highest BCUT2D eigenvalue weighted by Crippen LogP contribution is 2.39. The molecule has 1 fully saturated rings. The Balaban J connectivity index is 1.54. The number of nitrogens with one attached hydrogen (secondary N) is 1. The molecule has 0 unspecified atom stereocenters. The molecular formula is C16H21NO4. The normalized spacial score (nSPS) is 33.8. The molecule has 0 aromatic carbocycles. The summed E-state index contributed by atoms with van der Waals surface area (Å²) in [6, 6.07) is 0. The summed E-state index contributed by atoms with van der Waals surface area (Å²) in [7, 11) is 0. The lowest BCUT2D eigenvalue weighted by molar-refractivity contribution is -0.146. The zero-order valence-electron chi connectivity index (χ0n) is 12.0. The van der Waals surface area contributed by atoms with Gasteiger partial charge in [0.2, 0.25) is 5.91 Å². The maximum atomic E-state index is 12.3. The first-order valence-electron chi connectivity index (χ1n) is 7.69. The number of ether oxygens (including phenoxy) is 1. The first-order chi connectivity index (χ1) is 10.2. The van der Waals surface area contributed by atoms with E-state index in [0.29, 0.717) is 6.54 Å². The van der Waals surface area contributed by atoms with E-state index in [9.17, 15) is 14.7 Å². The van der Waals surface area contributed by atoms with Crippen LogP contribution in [0.3, 0.4) is 0 Å². The van der Waals surface area contributed by atoms with Gasteiger partial charge in [-0.2, -0.15) is 0 Å². The van der Waals surface area contributed by atoms with Crippen molar-refractivity contribution < 1.29 is 19.4 Å². The predicted molar refractivity (Wildman–Crippen MR) is 76.6 cm³/mol. The summed E-state index contributed by atoms with van der Waals surface area (Å²) in [4.78, 5) is 23.6. The van der Waals surface area contributed by atoms with Gasteiger partial charge in [-0.25, -0.2) is 0 Å². The number of carboxylic acids is 1. The lowest BCUT2D eigenvalue weighted by atomic mass is 9.82. The van der Waals surface area contributed by atoms with Gasteiger partial charge >= 0.3 is 5.97 Å². The number of amides is 1. The molecule has 5 heteroatoms. The number of aliphatic carboxylic acids is 1. The summed E-state index contributed by atoms with van der Waals surface area (Å²) >= 11 is 0. The van der Waals surface area contributed by atoms with Gasteiger partial charge in [0, 0.05) is 6.54 Å². The molecule has 0 spiro atoms. The monoisotopic (exact) mass is 291 g/mol. The molecule has 0 radical (unpaired) electrons. The quantitative estimate of drug-likeness (QED) is 0.755. The third-order valence-corrected chi connectivity index (χ3v) is 4.62. The van der Waals surface area contributed by atoms with Gasteiger partial charge in [0.15, 0.2) is 0 Å². The molecule has 2 aliphatic heterocycles. The Morgan fingerprint density at radius 2 is 2.00 bits per heavy atom. The number of hydrogen-bond donors (Lipinski definition) is 2. The number of fused-ring (bicyclic) bond motifs is 2. The highest BCUT2D eigenvalue weighted by molar-refractivity contribution is 5.87. The second-order valence-electron chi connectivity index (χ2n) is 5.99. The minimum absolute atomic E-state index is 0.198. The van der Waals surface area contributed by atoms with E-state index < -0.39 is 23.9 Å². The van der Waals surface area contributed by atoms with E-state index in [1.54, 1.807) is 12.2 Å². The molecule has 1 saturated heterocycles. The number of allylic oxidation sites excluding steroid dienone is 1. The van der Waals surface area contributed by atoms with Crippen LogP contribution in [0.25, 0.3) is 0 Å². The van der Waals surface area contributed by atoms with E-state index in [2.05, 4.69) is 11.4 Å². The lowest BCUT2D eigenvalue weighted by Crippen LogP contribution is -2.42. The summed E-state index contributed by atoms with van der Waals surface area (Å²) in [5.74, 6) is -2.51. The predicted octanol–water partition coefficient (Wildman–Crippen LogP) is 1.65. The molecule has 5 nitrogen and oxygen atoms in total. The number of carbonyl (C=O) groups excluding carboxylic acids is 1. The fourth-order valence-corrected chi connectivity index (χ4v) is 3.51. The molecule has 0 saturated carbocycles. The minimum Gasteiger partial charge on any atom is -0.481 e. The molecule has 114 valence electrons. The van der Waals surface area contributed by atoms with Crippen LogP contribution in [-0.2, 0) is 14.3 Å². The maximum Gasteiger partial charge on any atom is 0.310 e. The molecule has 3 rings (SSSR count). The second-order valence-corrected chi connectivity index (χ2v) is 5.99. The maximum absolute atomic E-state index is 12.3. The van der Waals surface area contributed by atoms with Gasteiger partial charge < -0.3 is 15.2 Å². The van der Waals surface area contributed by atoms with Gasteiger partial charge in [-0.15, -0.1) is 0 Å². The first-order valence-corrected chi connectivity index (χ1v) is 7.69. The minimum atomic E-state index is -0.956. The zero-order chi connectivity index (χ0) is 14.8. The Bertz CT molecular complexity index is 497. The van der Waals surface area contributed by atoms with Crippen molar-refractivity contribution in [3.63, 3.8) is 0 Å². The fourth-order valence-electron chi connectivity index (χ4n) is 3.51. The van der Waals surface area contributed by atoms with Crippen molar-refractivity contribution in [1.29, 1.82) is 0 Å². The van der Waals surface area contributed by atoms with Crippen LogP contribution in [0.2, 0.25) is 0 Å². The Labute approximate surface area is 124 Å². The molecule has 4 atom stereocenters. The topological polar surface area (TPSA) is 75.6 Å². The molecule has 0 aromatic heterocycles. The van der Waals surface area contributed by atoms with Crippen LogP contribution in [0, 0.1) is 11.8 Å². The van der Waals surface area contributed by atoms with E-state index in [1.165, 1.54) is 18.4 Å². The van der Waals surface area contributed by atoms with Crippen molar-refractivity contribution in [2.24, 2.45) is 11.8 Å². The lowest BCUT2D eigenvalue weighted by Gasteiger charge is -2.21. The number of carbonyl (C=O) groups is 2.